The molecule has 74 heavy (non-hydrogen) atoms. The van der Waals surface area contributed by atoms with E-state index in [9.17, 15) is 42.2 Å². The van der Waals surface area contributed by atoms with E-state index in [1.165, 1.54) is 11.3 Å². The van der Waals surface area contributed by atoms with Crippen molar-refractivity contribution in [3.63, 3.8) is 0 Å². The van der Waals surface area contributed by atoms with E-state index in [1.54, 1.807) is 17.0 Å². The molecule has 26 heteroatoms. The van der Waals surface area contributed by atoms with Crippen molar-refractivity contribution < 1.29 is 94.4 Å². The van der Waals surface area contributed by atoms with Crippen LogP contribution in [-0.4, -0.2) is 193 Å². The van der Waals surface area contributed by atoms with Crippen molar-refractivity contribution in [1.82, 2.24) is 20.2 Å². The number of hydrogen-bond donors (Lipinski definition) is 4. The number of esters is 1. The Bertz CT molecular complexity index is 1990. The quantitative estimate of drug-likeness (QED) is 0.0141. The minimum Gasteiger partial charge on any atom is -0.420 e. The summed E-state index contributed by atoms with van der Waals surface area (Å²) in [6.45, 7) is 10.4. The van der Waals surface area contributed by atoms with E-state index in [-0.39, 0.29) is 110 Å². The van der Waals surface area contributed by atoms with E-state index in [0.717, 1.165) is 19.3 Å². The van der Waals surface area contributed by atoms with Crippen LogP contribution in [-0.2, 0) is 68.4 Å². The zero-order valence-corrected chi connectivity index (χ0v) is 42.0. The Morgan fingerprint density at radius 1 is 0.757 bits per heavy atom. The molecule has 0 radical (unpaired) electrons. The van der Waals surface area contributed by atoms with Crippen LogP contribution < -0.4 is 15.8 Å². The molecule has 418 valence electrons. The van der Waals surface area contributed by atoms with E-state index in [1.807, 2.05) is 6.92 Å². The van der Waals surface area contributed by atoms with Gasteiger partial charge in [0.05, 0.1) is 144 Å². The number of hydroxylamine groups is 2. The van der Waals surface area contributed by atoms with Crippen LogP contribution in [0.5, 0.6) is 5.75 Å². The number of nitrogens with two attached hydrogens (primary N) is 1. The number of nitrogens with zero attached hydrogens (tertiary/aromatic N) is 4. The Balaban J connectivity index is 1.03. The first kappa shape index (κ1) is 63.2. The van der Waals surface area contributed by atoms with Gasteiger partial charge in [-0.2, -0.15) is 18.9 Å². The summed E-state index contributed by atoms with van der Waals surface area (Å²) in [5, 5.41) is 28.8. The average molecular weight is 1070 g/mol. The minimum absolute atomic E-state index is 0.00589. The first-order valence-corrected chi connectivity index (χ1v) is 24.4. The molecule has 0 saturated carbocycles. The van der Waals surface area contributed by atoms with Crippen LogP contribution in [0.3, 0.4) is 0 Å². The second-order valence-corrected chi connectivity index (χ2v) is 16.0. The molecule has 2 unspecified atom stereocenters. The molecule has 2 amide bonds. The summed E-state index contributed by atoms with van der Waals surface area (Å²) in [6, 6.07) is 0.00589. The number of benzene rings is 1. The third-order valence-electron chi connectivity index (χ3n) is 10.1. The van der Waals surface area contributed by atoms with Crippen molar-refractivity contribution in [2.24, 2.45) is 10.7 Å². The van der Waals surface area contributed by atoms with E-state index in [0.29, 0.717) is 88.5 Å². The van der Waals surface area contributed by atoms with Gasteiger partial charge in [0.15, 0.2) is 11.6 Å². The van der Waals surface area contributed by atoms with Crippen LogP contribution in [0.25, 0.3) is 6.08 Å². The fourth-order valence-corrected chi connectivity index (χ4v) is 6.37. The van der Waals surface area contributed by atoms with Crippen molar-refractivity contribution in [1.29, 1.82) is 0 Å². The lowest BCUT2D eigenvalue weighted by Gasteiger charge is -2.20. The zero-order chi connectivity index (χ0) is 53.8. The number of amidine groups is 1. The molecule has 2 atom stereocenters. The van der Waals surface area contributed by atoms with Gasteiger partial charge in [0.2, 0.25) is 23.3 Å². The Labute approximate surface area is 427 Å². The topological polar surface area (TPSA) is 265 Å². The number of amides is 2. The average Bonchev–Trinajstić information content (AvgIpc) is 3.65. The number of aliphatic hydroxyl groups is 2. The van der Waals surface area contributed by atoms with Gasteiger partial charge < -0.3 is 73.5 Å². The number of ether oxygens (including phenoxy) is 10. The fourth-order valence-electron chi connectivity index (χ4n) is 6.37. The van der Waals surface area contributed by atoms with Crippen molar-refractivity contribution in [2.75, 3.05) is 132 Å². The Hall–Kier alpha value is -5.13. The molecule has 1 aromatic carbocycles. The number of aryl methyl sites for hydroxylation is 1. The fraction of sp³-hybridized carbons (Fsp3) is 0.646. The van der Waals surface area contributed by atoms with E-state index in [4.69, 9.17) is 53.2 Å². The summed E-state index contributed by atoms with van der Waals surface area (Å²) >= 11 is 0. The largest absolute Gasteiger partial charge is 0.420 e. The number of fused-ring (bicyclic) bond motifs is 1. The second kappa shape index (κ2) is 38.4. The Kier molecular flexibility index (Phi) is 32.8. The van der Waals surface area contributed by atoms with Crippen LogP contribution in [0, 0.1) is 23.3 Å². The summed E-state index contributed by atoms with van der Waals surface area (Å²) in [5.41, 5.74) is 7.83. The van der Waals surface area contributed by atoms with Crippen molar-refractivity contribution in [3.8, 4) is 5.75 Å². The third-order valence-corrected chi connectivity index (χ3v) is 10.1. The highest BCUT2D eigenvalue weighted by Crippen LogP contribution is 2.28. The summed E-state index contributed by atoms with van der Waals surface area (Å²) in [4.78, 5) is 46.9. The monoisotopic (exact) mass is 1060 g/mol. The molecule has 0 spiro atoms. The highest BCUT2D eigenvalue weighted by Gasteiger charge is 2.25. The molecule has 0 fully saturated rings. The van der Waals surface area contributed by atoms with Gasteiger partial charge in [-0.1, -0.05) is 13.5 Å². The smallest absolute Gasteiger partial charge is 0.313 e. The number of nitrogens with one attached hydrogen (secondary N) is 1. The number of carbonyl (C=O) groups is 3. The van der Waals surface area contributed by atoms with E-state index >= 15 is 0 Å². The van der Waals surface area contributed by atoms with Crippen molar-refractivity contribution >= 4 is 35.4 Å². The minimum atomic E-state index is -1.81. The molecule has 2 aromatic rings. The third kappa shape index (κ3) is 25.9. The number of aliphatic hydroxyl groups excluding tert-OH is 2. The van der Waals surface area contributed by atoms with Gasteiger partial charge in [0.1, 0.15) is 30.0 Å². The van der Waals surface area contributed by atoms with E-state index < -0.39 is 53.6 Å². The first-order chi connectivity index (χ1) is 35.9. The molecule has 2 heterocycles. The lowest BCUT2D eigenvalue weighted by atomic mass is 10.1. The molecule has 1 aliphatic heterocycles. The Morgan fingerprint density at radius 2 is 1.26 bits per heavy atom. The van der Waals surface area contributed by atoms with Gasteiger partial charge in [0.25, 0.3) is 5.91 Å². The molecule has 1 aromatic heterocycles. The lowest BCUT2D eigenvalue weighted by Crippen LogP contribution is -2.35. The molecule has 5 N–H and O–H groups in total. The standard InChI is InChI=1S/C48H72F4N6O16/c1-3-11-58(73-4-2)48(63)35-29-39-38(56-42(53)30-35)32-55-57(39)12-7-5-6-10-54-43(61)8-13-64-15-17-69-25-27-71-33-40(59)41(60)34-72-28-26-70-24-23-68-22-21-67-20-19-66-18-16-65-14-9-44(62)74-47-45(51)36(49)31-37(50)46(47)52/h4,29,31-32,40-41,59-60H,2-3,5-28,30,33-34H2,1H3,(H2,53,56)(H,54,61). The summed E-state index contributed by atoms with van der Waals surface area (Å²) < 4.78 is 108. The highest BCUT2D eigenvalue weighted by molar-refractivity contribution is 6.04. The maximum Gasteiger partial charge on any atom is 0.313 e. The summed E-state index contributed by atoms with van der Waals surface area (Å²) in [7, 11) is 0. The predicted molar refractivity (Wildman–Crippen MR) is 257 cm³/mol. The number of halogens is 4. The number of aliphatic imine (C=N–C) groups is 1. The second-order valence-electron chi connectivity index (χ2n) is 16.0. The van der Waals surface area contributed by atoms with Crippen LogP contribution in [0.1, 0.15) is 57.6 Å². The first-order valence-electron chi connectivity index (χ1n) is 24.4. The van der Waals surface area contributed by atoms with Crippen molar-refractivity contribution in [3.05, 3.63) is 59.6 Å². The molecule has 22 nitrogen and oxygen atoms in total. The number of hydrogen-bond acceptors (Lipinski definition) is 19. The molecule has 1 aliphatic rings. The SMILES string of the molecule is C=CON(CCC)C(=O)C1=Cc2c(cnn2CCCCCNC(=O)CCOCCOCCOCC(O)C(O)COCCOCCOCCOCCOCCOCCC(=O)Oc2c(F)c(F)cc(F)c2F)N=C(N)C1. The predicted octanol–water partition coefficient (Wildman–Crippen LogP) is 3.07. The van der Waals surface area contributed by atoms with Gasteiger partial charge >= 0.3 is 5.97 Å². The van der Waals surface area contributed by atoms with Crippen LogP contribution >= 0.6 is 0 Å². The van der Waals surface area contributed by atoms with Crippen molar-refractivity contribution in [2.45, 2.75) is 70.6 Å². The van der Waals surface area contributed by atoms with Gasteiger partial charge in [-0.3, -0.25) is 19.1 Å². The highest BCUT2D eigenvalue weighted by atomic mass is 19.2. The maximum absolute atomic E-state index is 13.6. The lowest BCUT2D eigenvalue weighted by molar-refractivity contribution is -0.162. The number of rotatable bonds is 44. The molecule has 3 rings (SSSR count). The van der Waals surface area contributed by atoms with Crippen LogP contribution in [0.2, 0.25) is 0 Å². The summed E-state index contributed by atoms with van der Waals surface area (Å²) in [6.07, 6.45) is 5.37. The van der Waals surface area contributed by atoms with Gasteiger partial charge in [-0.25, -0.2) is 13.8 Å². The molecular weight excluding hydrogens is 993 g/mol. The number of aromatic nitrogens is 2. The van der Waals surface area contributed by atoms with E-state index in [2.05, 4.69) is 26.7 Å². The molecule has 0 bridgehead atoms. The van der Waals surface area contributed by atoms with Gasteiger partial charge in [-0.05, 0) is 31.8 Å². The van der Waals surface area contributed by atoms with Gasteiger partial charge in [-0.15, -0.1) is 0 Å². The maximum atomic E-state index is 13.6. The van der Waals surface area contributed by atoms with Gasteiger partial charge in [0, 0.05) is 37.6 Å². The zero-order valence-electron chi connectivity index (χ0n) is 42.0. The normalized spacial score (nSPS) is 13.1. The molecule has 0 aliphatic carbocycles. The molecule has 0 saturated heterocycles. The Morgan fingerprint density at radius 3 is 1.77 bits per heavy atom. The summed E-state index contributed by atoms with van der Waals surface area (Å²) in [5.74, 6) is -9.71. The number of unbranched alkanes of at least 4 members (excludes halogenated alkanes) is 2. The molecular formula is C48H72F4N6O16. The number of carbonyl (C=O) groups excluding carboxylic acids is 3. The van der Waals surface area contributed by atoms with Crippen LogP contribution in [0.15, 0.2) is 35.7 Å². The van der Waals surface area contributed by atoms with Crippen LogP contribution in [0.4, 0.5) is 23.2 Å².